The molecule has 2 fully saturated rings. The highest BCUT2D eigenvalue weighted by Gasteiger charge is 2.30. The average Bonchev–Trinajstić information content (AvgIpc) is 2.78. The van der Waals surface area contributed by atoms with Crippen molar-refractivity contribution in [2.75, 3.05) is 25.0 Å². The molecule has 1 saturated carbocycles. The van der Waals surface area contributed by atoms with E-state index in [-0.39, 0.29) is 17.9 Å². The number of hydrogen-bond donors (Lipinski definition) is 2. The minimum atomic E-state index is -0.166. The van der Waals surface area contributed by atoms with Crippen molar-refractivity contribution < 1.29 is 9.18 Å². The molecule has 1 aliphatic heterocycles. The fourth-order valence-electron chi connectivity index (χ4n) is 5.24. The van der Waals surface area contributed by atoms with Gasteiger partial charge in [-0.25, -0.2) is 9.18 Å². The van der Waals surface area contributed by atoms with E-state index in [0.29, 0.717) is 11.8 Å². The number of piperidine rings is 1. The third kappa shape index (κ3) is 6.54. The summed E-state index contributed by atoms with van der Waals surface area (Å²) in [5.41, 5.74) is 2.05. The summed E-state index contributed by atoms with van der Waals surface area (Å²) in [6.45, 7) is 3.28. The third-order valence-corrected chi connectivity index (χ3v) is 6.79. The molecule has 0 spiro atoms. The number of hydrogen-bond acceptors (Lipinski definition) is 2. The van der Waals surface area contributed by atoms with Crippen molar-refractivity contribution in [2.45, 2.75) is 51.0 Å². The van der Waals surface area contributed by atoms with E-state index in [1.54, 1.807) is 12.1 Å². The Balaban J connectivity index is 1.29. The lowest BCUT2D eigenvalue weighted by atomic mass is 9.83. The van der Waals surface area contributed by atoms with Crippen LogP contribution in [-0.2, 0) is 6.42 Å². The Morgan fingerprint density at radius 3 is 2.55 bits per heavy atom. The first-order valence-electron chi connectivity index (χ1n) is 11.7. The van der Waals surface area contributed by atoms with Crippen LogP contribution in [0.5, 0.6) is 0 Å². The highest BCUT2D eigenvalue weighted by molar-refractivity contribution is 5.89. The normalized spacial score (nSPS) is 24.5. The Bertz CT molecular complexity index is 826. The molecule has 2 aliphatic rings. The summed E-state index contributed by atoms with van der Waals surface area (Å²) in [5.74, 6) is 0.955. The van der Waals surface area contributed by atoms with Crippen LogP contribution in [0.4, 0.5) is 14.9 Å². The maximum atomic E-state index is 13.2. The van der Waals surface area contributed by atoms with E-state index in [4.69, 9.17) is 0 Å². The molecule has 2 amide bonds. The number of rotatable bonds is 6. The van der Waals surface area contributed by atoms with Gasteiger partial charge in [0, 0.05) is 24.8 Å². The minimum absolute atomic E-state index is 0.101. The van der Waals surface area contributed by atoms with Gasteiger partial charge in [-0.05, 0) is 80.3 Å². The summed E-state index contributed by atoms with van der Waals surface area (Å²) >= 11 is 0. The molecule has 0 bridgehead atoms. The third-order valence-electron chi connectivity index (χ3n) is 6.79. The summed E-state index contributed by atoms with van der Waals surface area (Å²) in [4.78, 5) is 15.1. The Hall–Kier alpha value is -2.40. The smallest absolute Gasteiger partial charge is 0.319 e. The largest absolute Gasteiger partial charge is 0.335 e. The molecular weight excluding hydrogens is 389 g/mol. The Kier molecular flexibility index (Phi) is 7.57. The molecule has 0 aromatic heterocycles. The standard InChI is InChI=1S/C26H34FN3O/c27-23-14-12-20(13-15-23)17-21-7-6-16-30(18-21)19-22-8-4-5-11-25(22)29-26(31)28-24-9-2-1-3-10-24/h1-3,9-10,12-15,21-22,25H,4-8,11,16-19H2,(H2,28,29,31)/t21-,22-,25+/m0/s1. The van der Waals surface area contributed by atoms with Gasteiger partial charge in [0.1, 0.15) is 5.82 Å². The van der Waals surface area contributed by atoms with Gasteiger partial charge in [-0.2, -0.15) is 0 Å². The van der Waals surface area contributed by atoms with Crippen molar-refractivity contribution >= 4 is 11.7 Å². The Morgan fingerprint density at radius 2 is 1.74 bits per heavy atom. The number of halogens is 1. The predicted molar refractivity (Wildman–Crippen MR) is 124 cm³/mol. The molecule has 5 heteroatoms. The van der Waals surface area contributed by atoms with Crippen molar-refractivity contribution in [1.29, 1.82) is 0 Å². The van der Waals surface area contributed by atoms with Crippen LogP contribution >= 0.6 is 0 Å². The number of urea groups is 1. The van der Waals surface area contributed by atoms with Crippen LogP contribution in [0.3, 0.4) is 0 Å². The maximum Gasteiger partial charge on any atom is 0.319 e. The topological polar surface area (TPSA) is 44.4 Å². The van der Waals surface area contributed by atoms with Gasteiger partial charge >= 0.3 is 6.03 Å². The van der Waals surface area contributed by atoms with Gasteiger partial charge in [0.05, 0.1) is 0 Å². The SMILES string of the molecule is O=C(Nc1ccccc1)N[C@@H]1CCCC[C@H]1CN1CCC[C@@H](Cc2ccc(F)cc2)C1. The van der Waals surface area contributed by atoms with Gasteiger partial charge in [-0.15, -0.1) is 0 Å². The second kappa shape index (κ2) is 10.8. The molecule has 1 saturated heterocycles. The van der Waals surface area contributed by atoms with Gasteiger partial charge in [0.25, 0.3) is 0 Å². The molecule has 0 unspecified atom stereocenters. The molecule has 31 heavy (non-hydrogen) atoms. The van der Waals surface area contributed by atoms with E-state index < -0.39 is 0 Å². The summed E-state index contributed by atoms with van der Waals surface area (Å²) < 4.78 is 13.2. The monoisotopic (exact) mass is 423 g/mol. The number of anilines is 1. The summed E-state index contributed by atoms with van der Waals surface area (Å²) in [6.07, 6.45) is 8.12. The zero-order valence-electron chi connectivity index (χ0n) is 18.2. The van der Waals surface area contributed by atoms with Crippen LogP contribution in [0.25, 0.3) is 0 Å². The highest BCUT2D eigenvalue weighted by Crippen LogP contribution is 2.28. The van der Waals surface area contributed by atoms with E-state index in [9.17, 15) is 9.18 Å². The fraction of sp³-hybridized carbons (Fsp3) is 0.500. The number of likely N-dealkylation sites (tertiary alicyclic amines) is 1. The van der Waals surface area contributed by atoms with Crippen LogP contribution in [-0.4, -0.2) is 36.6 Å². The van der Waals surface area contributed by atoms with Gasteiger partial charge in [0.15, 0.2) is 0 Å². The van der Waals surface area contributed by atoms with Crippen LogP contribution in [0.15, 0.2) is 54.6 Å². The van der Waals surface area contributed by atoms with E-state index in [1.165, 1.54) is 37.7 Å². The molecule has 4 nitrogen and oxygen atoms in total. The number of carbonyl (C=O) groups excluding carboxylic acids is 1. The fourth-order valence-corrected chi connectivity index (χ4v) is 5.24. The first-order valence-corrected chi connectivity index (χ1v) is 11.7. The van der Waals surface area contributed by atoms with Crippen molar-refractivity contribution in [3.05, 3.63) is 66.0 Å². The molecule has 1 heterocycles. The Morgan fingerprint density at radius 1 is 0.968 bits per heavy atom. The number of amides is 2. The van der Waals surface area contributed by atoms with Crippen LogP contribution in [0.2, 0.25) is 0 Å². The van der Waals surface area contributed by atoms with Crippen molar-refractivity contribution in [3.8, 4) is 0 Å². The molecule has 1 aliphatic carbocycles. The molecule has 166 valence electrons. The molecule has 3 atom stereocenters. The van der Waals surface area contributed by atoms with Gasteiger partial charge in [0.2, 0.25) is 0 Å². The van der Waals surface area contributed by atoms with Crippen LogP contribution < -0.4 is 10.6 Å². The van der Waals surface area contributed by atoms with Gasteiger partial charge < -0.3 is 15.5 Å². The number of benzene rings is 2. The Labute approximate surface area is 185 Å². The lowest BCUT2D eigenvalue weighted by Crippen LogP contribution is -2.49. The zero-order valence-corrected chi connectivity index (χ0v) is 18.2. The second-order valence-electron chi connectivity index (χ2n) is 9.21. The highest BCUT2D eigenvalue weighted by atomic mass is 19.1. The first-order chi connectivity index (χ1) is 15.2. The minimum Gasteiger partial charge on any atom is -0.335 e. The number of nitrogens with one attached hydrogen (secondary N) is 2. The molecule has 4 rings (SSSR count). The second-order valence-corrected chi connectivity index (χ2v) is 9.21. The van der Waals surface area contributed by atoms with Crippen molar-refractivity contribution in [1.82, 2.24) is 10.2 Å². The lowest BCUT2D eigenvalue weighted by molar-refractivity contribution is 0.123. The quantitative estimate of drug-likeness (QED) is 0.648. The molecule has 2 N–H and O–H groups in total. The molecule has 0 radical (unpaired) electrons. The summed E-state index contributed by atoms with van der Waals surface area (Å²) in [6, 6.07) is 16.7. The van der Waals surface area contributed by atoms with Crippen LogP contribution in [0, 0.1) is 17.7 Å². The molecule has 2 aromatic rings. The summed E-state index contributed by atoms with van der Waals surface area (Å²) in [5, 5.41) is 6.21. The summed E-state index contributed by atoms with van der Waals surface area (Å²) in [7, 11) is 0. The van der Waals surface area contributed by atoms with Crippen molar-refractivity contribution in [3.63, 3.8) is 0 Å². The predicted octanol–water partition coefficient (Wildman–Crippen LogP) is 5.46. The van der Waals surface area contributed by atoms with E-state index in [2.05, 4.69) is 15.5 Å². The first kappa shape index (κ1) is 21.8. The van der Waals surface area contributed by atoms with Crippen molar-refractivity contribution in [2.24, 2.45) is 11.8 Å². The van der Waals surface area contributed by atoms with E-state index in [1.807, 2.05) is 42.5 Å². The van der Waals surface area contributed by atoms with Crippen LogP contribution in [0.1, 0.15) is 44.1 Å². The van der Waals surface area contributed by atoms with Gasteiger partial charge in [-0.3, -0.25) is 0 Å². The van der Waals surface area contributed by atoms with E-state index >= 15 is 0 Å². The maximum absolute atomic E-state index is 13.2. The average molecular weight is 424 g/mol. The number of carbonyl (C=O) groups is 1. The van der Waals surface area contributed by atoms with Gasteiger partial charge in [-0.1, -0.05) is 43.2 Å². The van der Waals surface area contributed by atoms with E-state index in [0.717, 1.165) is 38.2 Å². The molecule has 2 aromatic carbocycles. The zero-order chi connectivity index (χ0) is 21.5. The number of para-hydroxylation sites is 1. The number of nitrogens with zero attached hydrogens (tertiary/aromatic N) is 1. The molecular formula is C26H34FN3O. The lowest BCUT2D eigenvalue weighted by Gasteiger charge is -2.39.